The summed E-state index contributed by atoms with van der Waals surface area (Å²) in [6.07, 6.45) is 4.53. The molecule has 0 fully saturated rings. The summed E-state index contributed by atoms with van der Waals surface area (Å²) in [5.74, 6) is 0. The largest absolute Gasteiger partial charge is 0.394 e. The van der Waals surface area contributed by atoms with E-state index in [1.807, 2.05) is 0 Å². The molecule has 1 aliphatic carbocycles. The smallest absolute Gasteiger partial charge is 0.0856 e. The van der Waals surface area contributed by atoms with Gasteiger partial charge in [-0.25, -0.2) is 0 Å². The van der Waals surface area contributed by atoms with Gasteiger partial charge in [0.25, 0.3) is 0 Å². The van der Waals surface area contributed by atoms with Gasteiger partial charge in [-0.15, -0.1) is 0 Å². The summed E-state index contributed by atoms with van der Waals surface area (Å²) in [7, 11) is 0. The monoisotopic (exact) mass is 340 g/mol. The van der Waals surface area contributed by atoms with E-state index in [9.17, 15) is 0 Å². The molecule has 0 saturated carbocycles. The van der Waals surface area contributed by atoms with E-state index in [-0.39, 0.29) is 0 Å². The predicted octanol–water partition coefficient (Wildman–Crippen LogP) is 0.136. The standard InChI is InChI=1S/C10H9.C4H11NO3.Zr/c1-8-6-7-9-4-2-3-5-10(8)9;5-4(1-6,2-7)3-8;/h2-7H,1H3;6-8H,1-3,5H2;. The number of allylic oxidation sites excluding steroid dienone is 1. The number of aliphatic hydroxyl groups is 3. The van der Waals surface area contributed by atoms with Crippen molar-refractivity contribution in [1.82, 2.24) is 0 Å². The Kier molecular flexibility index (Phi) is 6.09. The average Bonchev–Trinajstić information content (AvgIpc) is 2.75. The number of aliphatic hydroxyl groups excluding tert-OH is 3. The first-order chi connectivity index (χ1) is 8.88. The van der Waals surface area contributed by atoms with Crippen molar-refractivity contribution in [2.24, 2.45) is 5.73 Å². The maximum atomic E-state index is 8.34. The van der Waals surface area contributed by atoms with E-state index in [0.29, 0.717) is 3.12 Å². The molecule has 1 aromatic carbocycles. The third-order valence-electron chi connectivity index (χ3n) is 3.06. The first kappa shape index (κ1) is 16.7. The topological polar surface area (TPSA) is 86.7 Å². The van der Waals surface area contributed by atoms with Gasteiger partial charge in [-0.2, -0.15) is 0 Å². The van der Waals surface area contributed by atoms with Crippen molar-refractivity contribution >= 4 is 6.08 Å². The summed E-state index contributed by atoms with van der Waals surface area (Å²) in [5, 5.41) is 25.0. The third kappa shape index (κ3) is 4.33. The molecule has 0 aliphatic heterocycles. The second-order valence-electron chi connectivity index (χ2n) is 4.96. The van der Waals surface area contributed by atoms with Gasteiger partial charge >= 0.3 is 82.3 Å². The van der Waals surface area contributed by atoms with Crippen LogP contribution in [0.3, 0.4) is 0 Å². The molecule has 0 saturated heterocycles. The maximum Gasteiger partial charge on any atom is 0.0856 e. The van der Waals surface area contributed by atoms with Gasteiger partial charge in [0, 0.05) is 0 Å². The minimum atomic E-state index is -1.21. The van der Waals surface area contributed by atoms with Crippen molar-refractivity contribution in [3.63, 3.8) is 0 Å². The molecule has 4 nitrogen and oxygen atoms in total. The van der Waals surface area contributed by atoms with Crippen molar-refractivity contribution < 1.29 is 40.0 Å². The Bertz CT molecular complexity index is 434. The molecule has 0 bridgehead atoms. The number of nitrogens with two attached hydrogens (primary N) is 1. The van der Waals surface area contributed by atoms with Gasteiger partial charge in [0.15, 0.2) is 0 Å². The quantitative estimate of drug-likeness (QED) is 0.630. The summed E-state index contributed by atoms with van der Waals surface area (Å²) in [6, 6.07) is 8.62. The maximum absolute atomic E-state index is 8.34. The zero-order valence-corrected chi connectivity index (χ0v) is 13.5. The molecule has 1 atom stereocenters. The van der Waals surface area contributed by atoms with Crippen LogP contribution in [0.5, 0.6) is 0 Å². The van der Waals surface area contributed by atoms with E-state index >= 15 is 0 Å². The first-order valence-electron chi connectivity index (χ1n) is 6.04. The number of rotatable bonds is 3. The summed E-state index contributed by atoms with van der Waals surface area (Å²) in [4.78, 5) is 0. The fraction of sp³-hybridized carbons (Fsp3) is 0.429. The van der Waals surface area contributed by atoms with Crippen LogP contribution >= 0.6 is 0 Å². The van der Waals surface area contributed by atoms with Gasteiger partial charge in [-0.05, 0) is 0 Å². The average molecular weight is 342 g/mol. The minimum Gasteiger partial charge on any atom is -0.394 e. The van der Waals surface area contributed by atoms with Gasteiger partial charge < -0.3 is 21.1 Å². The Hall–Kier alpha value is -0.317. The van der Waals surface area contributed by atoms with E-state index in [1.54, 1.807) is 24.7 Å². The van der Waals surface area contributed by atoms with E-state index in [0.717, 1.165) is 0 Å². The van der Waals surface area contributed by atoms with Crippen LogP contribution in [0.2, 0.25) is 0 Å². The number of benzene rings is 1. The Morgan fingerprint density at radius 2 is 1.68 bits per heavy atom. The molecular formula is C14H20NO3Zr. The summed E-state index contributed by atoms with van der Waals surface area (Å²) >= 11 is 1.57. The fourth-order valence-corrected chi connectivity index (χ4v) is 2.38. The van der Waals surface area contributed by atoms with Crippen LogP contribution in [0, 0.1) is 0 Å². The van der Waals surface area contributed by atoms with Gasteiger partial charge in [-0.3, -0.25) is 0 Å². The number of hydrogen-bond acceptors (Lipinski definition) is 4. The van der Waals surface area contributed by atoms with Crippen LogP contribution in [0.1, 0.15) is 18.1 Å². The zero-order chi connectivity index (χ0) is 14.5. The Morgan fingerprint density at radius 1 is 1.16 bits per heavy atom. The van der Waals surface area contributed by atoms with Gasteiger partial charge in [-0.1, -0.05) is 0 Å². The van der Waals surface area contributed by atoms with Crippen LogP contribution in [-0.4, -0.2) is 40.7 Å². The van der Waals surface area contributed by atoms with Crippen LogP contribution in [0.15, 0.2) is 30.3 Å². The molecule has 1 unspecified atom stereocenters. The molecule has 103 valence electrons. The number of hydrogen-bond donors (Lipinski definition) is 4. The summed E-state index contributed by atoms with van der Waals surface area (Å²) in [5.41, 5.74) is 6.82. The molecule has 5 N–H and O–H groups in total. The molecule has 1 aromatic rings. The van der Waals surface area contributed by atoms with E-state index in [1.165, 1.54) is 11.1 Å². The SMILES string of the molecule is C[C]1([Zr])C=Cc2ccccc21.NC(CO)(CO)CO. The molecule has 19 heavy (non-hydrogen) atoms. The molecule has 0 heterocycles. The fourth-order valence-electron chi connectivity index (χ4n) is 1.61. The molecule has 2 rings (SSSR count). The Labute approximate surface area is 128 Å². The minimum absolute atomic E-state index is 0.337. The Balaban J connectivity index is 0.000000203. The van der Waals surface area contributed by atoms with Crippen LogP contribution < -0.4 is 5.73 Å². The van der Waals surface area contributed by atoms with E-state index in [2.05, 4.69) is 43.3 Å². The molecule has 0 amide bonds. The molecule has 5 heteroatoms. The van der Waals surface area contributed by atoms with E-state index < -0.39 is 25.4 Å². The molecule has 1 aliphatic rings. The normalized spacial score (nSPS) is 20.6. The van der Waals surface area contributed by atoms with Crippen molar-refractivity contribution in [2.45, 2.75) is 15.6 Å². The van der Waals surface area contributed by atoms with Gasteiger partial charge in [0.1, 0.15) is 0 Å². The predicted molar refractivity (Wildman–Crippen MR) is 71.0 cm³/mol. The van der Waals surface area contributed by atoms with Gasteiger partial charge in [0.05, 0.1) is 25.4 Å². The summed E-state index contributed by atoms with van der Waals surface area (Å²) in [6.45, 7) is 1.08. The van der Waals surface area contributed by atoms with E-state index in [4.69, 9.17) is 21.1 Å². The second kappa shape index (κ2) is 6.91. The van der Waals surface area contributed by atoms with Crippen molar-refractivity contribution in [2.75, 3.05) is 19.8 Å². The number of fused-ring (bicyclic) bond motifs is 1. The van der Waals surface area contributed by atoms with Gasteiger partial charge in [0.2, 0.25) is 0 Å². The van der Waals surface area contributed by atoms with Crippen LogP contribution in [-0.2, 0) is 27.8 Å². The second-order valence-corrected chi connectivity index (χ2v) is 7.51. The third-order valence-corrected chi connectivity index (χ3v) is 4.13. The van der Waals surface area contributed by atoms with Crippen molar-refractivity contribution in [3.05, 3.63) is 41.5 Å². The Morgan fingerprint density at radius 3 is 2.11 bits per heavy atom. The molecule has 0 aromatic heterocycles. The molecule has 0 radical (unpaired) electrons. The van der Waals surface area contributed by atoms with Crippen molar-refractivity contribution in [3.8, 4) is 0 Å². The first-order valence-corrected chi connectivity index (χ1v) is 7.27. The van der Waals surface area contributed by atoms with Crippen molar-refractivity contribution in [1.29, 1.82) is 0 Å². The molecular weight excluding hydrogens is 321 g/mol. The van der Waals surface area contributed by atoms with Crippen LogP contribution in [0.4, 0.5) is 0 Å². The van der Waals surface area contributed by atoms with Crippen LogP contribution in [0.25, 0.3) is 6.08 Å². The molecule has 0 spiro atoms. The zero-order valence-electron chi connectivity index (χ0n) is 11.0. The summed E-state index contributed by atoms with van der Waals surface area (Å²) < 4.78 is 0.337.